The van der Waals surface area contributed by atoms with Crippen LogP contribution >= 0.6 is 0 Å². The fraction of sp³-hybridized carbons (Fsp3) is 0.300. The first-order valence-electron chi connectivity index (χ1n) is 8.61. The van der Waals surface area contributed by atoms with Crippen LogP contribution in [-0.2, 0) is 11.3 Å². The summed E-state index contributed by atoms with van der Waals surface area (Å²) in [6.07, 6.45) is 0. The van der Waals surface area contributed by atoms with E-state index in [4.69, 9.17) is 14.2 Å². The number of hydrogen-bond acceptors (Lipinski definition) is 5. The van der Waals surface area contributed by atoms with Gasteiger partial charge in [0, 0.05) is 31.9 Å². The maximum atomic E-state index is 12.1. The number of amides is 3. The Hall–Kier alpha value is -3.42. The minimum Gasteiger partial charge on any atom is -0.497 e. The maximum Gasteiger partial charge on any atom is 0.319 e. The van der Waals surface area contributed by atoms with Gasteiger partial charge in [0.15, 0.2) is 6.61 Å². The highest BCUT2D eigenvalue weighted by Gasteiger charge is 2.08. The molecule has 0 saturated carbocycles. The normalized spacial score (nSPS) is 10.0. The van der Waals surface area contributed by atoms with Gasteiger partial charge in [-0.15, -0.1) is 0 Å². The van der Waals surface area contributed by atoms with Crippen molar-refractivity contribution in [2.24, 2.45) is 0 Å². The monoisotopic (exact) mass is 387 g/mol. The van der Waals surface area contributed by atoms with E-state index in [-0.39, 0.29) is 25.1 Å². The summed E-state index contributed by atoms with van der Waals surface area (Å²) in [6.45, 7) is 0.239. The molecule has 2 aromatic rings. The van der Waals surface area contributed by atoms with Crippen LogP contribution in [0.4, 0.5) is 10.5 Å². The van der Waals surface area contributed by atoms with Crippen LogP contribution in [0.5, 0.6) is 17.2 Å². The molecule has 2 N–H and O–H groups in total. The van der Waals surface area contributed by atoms with Crippen molar-refractivity contribution in [3.05, 3.63) is 48.0 Å². The van der Waals surface area contributed by atoms with Crippen molar-refractivity contribution in [2.45, 2.75) is 6.54 Å². The highest BCUT2D eigenvalue weighted by molar-refractivity contribution is 5.89. The Labute approximate surface area is 164 Å². The van der Waals surface area contributed by atoms with Crippen molar-refractivity contribution < 1.29 is 23.8 Å². The number of hydrogen-bond donors (Lipinski definition) is 2. The van der Waals surface area contributed by atoms with Crippen LogP contribution in [0.2, 0.25) is 0 Å². The molecule has 0 aromatic heterocycles. The Kier molecular flexibility index (Phi) is 7.50. The van der Waals surface area contributed by atoms with Crippen LogP contribution in [0.1, 0.15) is 5.56 Å². The van der Waals surface area contributed by atoms with Gasteiger partial charge in [0.2, 0.25) is 0 Å². The van der Waals surface area contributed by atoms with Gasteiger partial charge in [-0.1, -0.05) is 0 Å². The lowest BCUT2D eigenvalue weighted by atomic mass is 10.2. The summed E-state index contributed by atoms with van der Waals surface area (Å²) >= 11 is 0. The summed E-state index contributed by atoms with van der Waals surface area (Å²) in [4.78, 5) is 25.1. The highest BCUT2D eigenvalue weighted by atomic mass is 16.5. The van der Waals surface area contributed by atoms with Gasteiger partial charge in [-0.2, -0.15) is 0 Å². The van der Waals surface area contributed by atoms with Crippen LogP contribution in [-0.4, -0.2) is 51.8 Å². The molecular weight excluding hydrogens is 362 g/mol. The van der Waals surface area contributed by atoms with E-state index >= 15 is 0 Å². The zero-order valence-corrected chi connectivity index (χ0v) is 16.4. The first kappa shape index (κ1) is 20.9. The summed E-state index contributed by atoms with van der Waals surface area (Å²) in [6, 6.07) is 11.8. The lowest BCUT2D eigenvalue weighted by molar-refractivity contribution is -0.130. The number of ether oxygens (including phenoxy) is 3. The quantitative estimate of drug-likeness (QED) is 0.726. The van der Waals surface area contributed by atoms with Crippen molar-refractivity contribution in [2.75, 3.05) is 40.2 Å². The van der Waals surface area contributed by atoms with Crippen LogP contribution in [0, 0.1) is 0 Å². The molecule has 0 bridgehead atoms. The fourth-order valence-electron chi connectivity index (χ4n) is 2.28. The number of methoxy groups -OCH3 is 2. The summed E-state index contributed by atoms with van der Waals surface area (Å²) in [5, 5.41) is 5.51. The number of nitrogens with zero attached hydrogens (tertiary/aromatic N) is 1. The molecule has 28 heavy (non-hydrogen) atoms. The van der Waals surface area contributed by atoms with Crippen molar-refractivity contribution >= 4 is 17.6 Å². The molecule has 3 amide bonds. The summed E-state index contributed by atoms with van der Waals surface area (Å²) in [7, 11) is 6.48. The molecule has 8 nitrogen and oxygen atoms in total. The van der Waals surface area contributed by atoms with E-state index in [2.05, 4.69) is 10.6 Å². The number of nitrogens with one attached hydrogen (secondary N) is 2. The van der Waals surface area contributed by atoms with Crippen LogP contribution < -0.4 is 24.8 Å². The van der Waals surface area contributed by atoms with Gasteiger partial charge in [0.05, 0.1) is 14.2 Å². The first-order valence-corrected chi connectivity index (χ1v) is 8.61. The van der Waals surface area contributed by atoms with Gasteiger partial charge >= 0.3 is 6.03 Å². The van der Waals surface area contributed by atoms with Crippen molar-refractivity contribution in [3.8, 4) is 17.2 Å². The van der Waals surface area contributed by atoms with Gasteiger partial charge in [-0.3, -0.25) is 4.79 Å². The molecule has 0 radical (unpaired) electrons. The van der Waals surface area contributed by atoms with Crippen LogP contribution in [0.15, 0.2) is 42.5 Å². The number of anilines is 1. The van der Waals surface area contributed by atoms with Gasteiger partial charge in [0.25, 0.3) is 5.91 Å². The van der Waals surface area contributed by atoms with Crippen LogP contribution in [0.25, 0.3) is 0 Å². The van der Waals surface area contributed by atoms with Gasteiger partial charge in [0.1, 0.15) is 17.2 Å². The van der Waals surface area contributed by atoms with E-state index in [9.17, 15) is 9.59 Å². The zero-order valence-electron chi connectivity index (χ0n) is 16.4. The summed E-state index contributed by atoms with van der Waals surface area (Å²) in [5.74, 6) is 1.76. The van der Waals surface area contributed by atoms with E-state index < -0.39 is 0 Å². The fourth-order valence-corrected chi connectivity index (χ4v) is 2.28. The molecule has 0 spiro atoms. The van der Waals surface area contributed by atoms with E-state index in [0.717, 1.165) is 5.56 Å². The number of benzene rings is 2. The number of carbonyl (C=O) groups excluding carboxylic acids is 2. The van der Waals surface area contributed by atoms with Gasteiger partial charge in [-0.05, 0) is 42.5 Å². The Morgan fingerprint density at radius 1 is 0.964 bits per heavy atom. The molecule has 0 aliphatic rings. The zero-order chi connectivity index (χ0) is 20.5. The SMILES string of the molecule is COc1ccc(OC)c(CNC(=O)Nc2ccc(OCC(=O)N(C)C)cc2)c1. The second-order valence-corrected chi connectivity index (χ2v) is 6.09. The van der Waals surface area contributed by atoms with Crippen LogP contribution in [0.3, 0.4) is 0 Å². The Morgan fingerprint density at radius 2 is 1.64 bits per heavy atom. The topological polar surface area (TPSA) is 89.1 Å². The molecule has 0 saturated heterocycles. The average Bonchev–Trinajstić information content (AvgIpc) is 2.71. The second-order valence-electron chi connectivity index (χ2n) is 6.09. The van der Waals surface area contributed by atoms with Gasteiger partial charge in [-0.25, -0.2) is 4.79 Å². The summed E-state index contributed by atoms with van der Waals surface area (Å²) < 4.78 is 15.9. The first-order chi connectivity index (χ1) is 13.4. The molecule has 0 unspecified atom stereocenters. The minimum absolute atomic E-state index is 0.0391. The highest BCUT2D eigenvalue weighted by Crippen LogP contribution is 2.23. The number of urea groups is 1. The lowest BCUT2D eigenvalue weighted by Gasteiger charge is -2.13. The Bertz CT molecular complexity index is 806. The molecule has 0 aliphatic carbocycles. The Morgan fingerprint density at radius 3 is 2.25 bits per heavy atom. The van der Waals surface area contributed by atoms with E-state index in [1.165, 1.54) is 4.90 Å². The van der Waals surface area contributed by atoms with Crippen molar-refractivity contribution in [3.63, 3.8) is 0 Å². The second kappa shape index (κ2) is 10.1. The molecule has 150 valence electrons. The molecule has 0 heterocycles. The van der Waals surface area contributed by atoms with E-state index in [1.807, 2.05) is 0 Å². The smallest absolute Gasteiger partial charge is 0.319 e. The standard InChI is InChI=1S/C20H25N3O5/c1-23(2)19(24)13-28-16-7-5-15(6-8-16)22-20(25)21-12-14-11-17(26-3)9-10-18(14)27-4/h5-11H,12-13H2,1-4H3,(H2,21,22,25). The largest absolute Gasteiger partial charge is 0.497 e. The molecule has 0 fully saturated rings. The van der Waals surface area contributed by atoms with Crippen molar-refractivity contribution in [1.82, 2.24) is 10.2 Å². The molecule has 2 aromatic carbocycles. The third kappa shape index (κ3) is 6.08. The Balaban J connectivity index is 1.87. The number of carbonyl (C=O) groups is 2. The molecule has 2 rings (SSSR count). The molecular formula is C20H25N3O5. The molecule has 0 aliphatic heterocycles. The van der Waals surface area contributed by atoms with E-state index in [1.54, 1.807) is 70.8 Å². The third-order valence-electron chi connectivity index (χ3n) is 3.90. The van der Waals surface area contributed by atoms with Gasteiger partial charge < -0.3 is 29.7 Å². The lowest BCUT2D eigenvalue weighted by Crippen LogP contribution is -2.28. The number of rotatable bonds is 8. The predicted octanol–water partition coefficient (Wildman–Crippen LogP) is 2.49. The molecule has 8 heteroatoms. The minimum atomic E-state index is -0.360. The average molecular weight is 387 g/mol. The van der Waals surface area contributed by atoms with E-state index in [0.29, 0.717) is 22.9 Å². The molecule has 0 atom stereocenters. The maximum absolute atomic E-state index is 12.1. The number of likely N-dealkylation sites (N-methyl/N-ethyl adjacent to an activating group) is 1. The predicted molar refractivity (Wildman–Crippen MR) is 106 cm³/mol. The summed E-state index contributed by atoms with van der Waals surface area (Å²) in [5.41, 5.74) is 1.40. The third-order valence-corrected chi connectivity index (χ3v) is 3.90. The van der Waals surface area contributed by atoms with Crippen molar-refractivity contribution in [1.29, 1.82) is 0 Å².